The second kappa shape index (κ2) is 10.4. The van der Waals surface area contributed by atoms with E-state index < -0.39 is 0 Å². The second-order valence-corrected chi connectivity index (χ2v) is 8.55. The lowest BCUT2D eigenvalue weighted by Gasteiger charge is -2.11. The van der Waals surface area contributed by atoms with Gasteiger partial charge >= 0.3 is 0 Å². The van der Waals surface area contributed by atoms with Crippen molar-refractivity contribution in [1.82, 2.24) is 9.99 Å². The maximum atomic E-state index is 12.1. The molecule has 3 aromatic rings. The number of hydrogen-bond donors (Lipinski definition) is 1. The number of thioether (sulfide) groups is 1. The number of carbonyl (C=O) groups excluding carboxylic acids is 1. The first-order valence-electron chi connectivity index (χ1n) is 10.2. The van der Waals surface area contributed by atoms with Gasteiger partial charge in [-0.15, -0.1) is 11.8 Å². The number of aromatic nitrogens is 1. The topological polar surface area (TPSA) is 55.6 Å². The Labute approximate surface area is 188 Å². The molecule has 1 aromatic heterocycles. The number of benzene rings is 2. The third kappa shape index (κ3) is 5.79. The molecule has 0 bridgehead atoms. The number of nitrogens with zero attached hydrogens (tertiary/aromatic N) is 2. The standard InChI is InChI=1S/C25H29N3O2S/c1-17-6-9-23(12-18(17)2)28-19(3)13-22(20(28)4)14-26-27-25(29)16-31-15-21-7-10-24(30-5)11-8-21/h6-14H,15-16H2,1-5H3,(H,27,29)/b26-14-. The zero-order valence-electron chi connectivity index (χ0n) is 18.7. The van der Waals surface area contributed by atoms with Crippen LogP contribution in [0.4, 0.5) is 0 Å². The van der Waals surface area contributed by atoms with Gasteiger partial charge in [0.25, 0.3) is 0 Å². The molecule has 0 saturated heterocycles. The molecule has 1 N–H and O–H groups in total. The van der Waals surface area contributed by atoms with Gasteiger partial charge in [0.2, 0.25) is 5.91 Å². The third-order valence-electron chi connectivity index (χ3n) is 5.27. The van der Waals surface area contributed by atoms with E-state index in [-0.39, 0.29) is 5.91 Å². The molecule has 2 aromatic carbocycles. The smallest absolute Gasteiger partial charge is 0.250 e. The van der Waals surface area contributed by atoms with Crippen molar-refractivity contribution in [3.05, 3.63) is 82.2 Å². The van der Waals surface area contributed by atoms with Crippen molar-refractivity contribution in [2.75, 3.05) is 12.9 Å². The van der Waals surface area contributed by atoms with Gasteiger partial charge in [0.05, 0.1) is 19.1 Å². The fourth-order valence-electron chi connectivity index (χ4n) is 3.37. The van der Waals surface area contributed by atoms with Crippen LogP contribution in [-0.2, 0) is 10.5 Å². The number of rotatable bonds is 8. The highest BCUT2D eigenvalue weighted by Crippen LogP contribution is 2.22. The van der Waals surface area contributed by atoms with E-state index in [1.54, 1.807) is 25.1 Å². The number of amides is 1. The molecule has 31 heavy (non-hydrogen) atoms. The molecule has 1 heterocycles. The molecule has 0 aliphatic carbocycles. The Hall–Kier alpha value is -2.99. The van der Waals surface area contributed by atoms with Crippen LogP contribution in [0.1, 0.15) is 33.6 Å². The summed E-state index contributed by atoms with van der Waals surface area (Å²) < 4.78 is 7.37. The van der Waals surface area contributed by atoms with E-state index in [1.165, 1.54) is 11.1 Å². The first kappa shape index (κ1) is 22.7. The fourth-order valence-corrected chi connectivity index (χ4v) is 4.15. The Morgan fingerprint density at radius 3 is 2.48 bits per heavy atom. The van der Waals surface area contributed by atoms with Crippen molar-refractivity contribution in [2.45, 2.75) is 33.4 Å². The minimum Gasteiger partial charge on any atom is -0.497 e. The number of ether oxygens (including phenoxy) is 1. The van der Waals surface area contributed by atoms with Crippen molar-refractivity contribution in [2.24, 2.45) is 5.10 Å². The Balaban J connectivity index is 1.55. The van der Waals surface area contributed by atoms with Gasteiger partial charge in [-0.3, -0.25) is 4.79 Å². The first-order chi connectivity index (χ1) is 14.9. The summed E-state index contributed by atoms with van der Waals surface area (Å²) in [6.45, 7) is 8.38. The Morgan fingerprint density at radius 1 is 1.06 bits per heavy atom. The van der Waals surface area contributed by atoms with Crippen LogP contribution in [0.25, 0.3) is 5.69 Å². The van der Waals surface area contributed by atoms with Crippen LogP contribution in [0.3, 0.4) is 0 Å². The van der Waals surface area contributed by atoms with E-state index in [0.29, 0.717) is 5.75 Å². The number of nitrogens with one attached hydrogen (secondary N) is 1. The van der Waals surface area contributed by atoms with Gasteiger partial charge in [-0.2, -0.15) is 5.10 Å². The van der Waals surface area contributed by atoms with Crippen LogP contribution >= 0.6 is 11.8 Å². The summed E-state index contributed by atoms with van der Waals surface area (Å²) >= 11 is 1.55. The van der Waals surface area contributed by atoms with E-state index >= 15 is 0 Å². The van der Waals surface area contributed by atoms with Crippen LogP contribution in [0, 0.1) is 27.7 Å². The van der Waals surface area contributed by atoms with Crippen LogP contribution in [0.5, 0.6) is 5.75 Å². The number of hydrogen-bond acceptors (Lipinski definition) is 4. The average molecular weight is 436 g/mol. The van der Waals surface area contributed by atoms with Gasteiger partial charge in [-0.05, 0) is 74.7 Å². The van der Waals surface area contributed by atoms with Gasteiger partial charge in [0, 0.05) is 28.4 Å². The molecule has 0 unspecified atom stereocenters. The maximum Gasteiger partial charge on any atom is 0.250 e. The van der Waals surface area contributed by atoms with Crippen molar-refractivity contribution >= 4 is 23.9 Å². The Morgan fingerprint density at radius 2 is 1.81 bits per heavy atom. The van der Waals surface area contributed by atoms with Gasteiger partial charge in [-0.1, -0.05) is 18.2 Å². The molecular formula is C25H29N3O2S. The number of methoxy groups -OCH3 is 1. The highest BCUT2D eigenvalue weighted by molar-refractivity contribution is 7.99. The largest absolute Gasteiger partial charge is 0.497 e. The quantitative estimate of drug-likeness (QED) is 0.395. The van der Waals surface area contributed by atoms with Gasteiger partial charge in [0.15, 0.2) is 0 Å². The zero-order valence-corrected chi connectivity index (χ0v) is 19.5. The third-order valence-corrected chi connectivity index (χ3v) is 6.28. The van der Waals surface area contributed by atoms with Crippen LogP contribution in [-0.4, -0.2) is 29.6 Å². The van der Waals surface area contributed by atoms with Crippen molar-refractivity contribution in [3.63, 3.8) is 0 Å². The van der Waals surface area contributed by atoms with Crippen molar-refractivity contribution in [1.29, 1.82) is 0 Å². The summed E-state index contributed by atoms with van der Waals surface area (Å²) in [5, 5.41) is 4.16. The number of aryl methyl sites for hydroxylation is 3. The summed E-state index contributed by atoms with van der Waals surface area (Å²) in [6, 6.07) is 16.4. The minimum atomic E-state index is -0.113. The molecule has 3 rings (SSSR count). The predicted octanol–water partition coefficient (Wildman–Crippen LogP) is 5.10. The highest BCUT2D eigenvalue weighted by Gasteiger charge is 2.10. The number of hydrazone groups is 1. The van der Waals surface area contributed by atoms with E-state index in [4.69, 9.17) is 4.74 Å². The second-order valence-electron chi connectivity index (χ2n) is 7.56. The minimum absolute atomic E-state index is 0.113. The maximum absolute atomic E-state index is 12.1. The molecular weight excluding hydrogens is 406 g/mol. The molecule has 0 radical (unpaired) electrons. The Bertz CT molecular complexity index is 1080. The summed E-state index contributed by atoms with van der Waals surface area (Å²) in [4.78, 5) is 12.1. The molecule has 5 nitrogen and oxygen atoms in total. The molecule has 6 heteroatoms. The monoisotopic (exact) mass is 435 g/mol. The van der Waals surface area contributed by atoms with Crippen molar-refractivity contribution in [3.8, 4) is 11.4 Å². The lowest BCUT2D eigenvalue weighted by Crippen LogP contribution is -2.19. The molecule has 162 valence electrons. The van der Waals surface area contributed by atoms with E-state index in [0.717, 1.165) is 39.7 Å². The number of carbonyl (C=O) groups is 1. The molecule has 1 amide bonds. The summed E-state index contributed by atoms with van der Waals surface area (Å²) in [7, 11) is 1.65. The molecule has 0 spiro atoms. The normalized spacial score (nSPS) is 11.1. The Kier molecular flexibility index (Phi) is 7.58. The SMILES string of the molecule is COc1ccc(CSCC(=O)N/N=C\c2cc(C)n(-c3ccc(C)c(C)c3)c2C)cc1. The summed E-state index contributed by atoms with van der Waals surface area (Å²) in [5.41, 5.74) is 10.7. The van der Waals surface area contributed by atoms with Crippen LogP contribution in [0.2, 0.25) is 0 Å². The van der Waals surface area contributed by atoms with Gasteiger partial charge in [-0.25, -0.2) is 5.43 Å². The van der Waals surface area contributed by atoms with Gasteiger partial charge < -0.3 is 9.30 Å². The zero-order chi connectivity index (χ0) is 22.4. The van der Waals surface area contributed by atoms with E-state index in [2.05, 4.69) is 67.1 Å². The fraction of sp³-hybridized carbons (Fsp3) is 0.280. The van der Waals surface area contributed by atoms with Crippen LogP contribution < -0.4 is 10.2 Å². The van der Waals surface area contributed by atoms with Gasteiger partial charge in [0.1, 0.15) is 5.75 Å². The lowest BCUT2D eigenvalue weighted by molar-refractivity contribution is -0.118. The molecule has 0 aliphatic rings. The van der Waals surface area contributed by atoms with Crippen LogP contribution in [0.15, 0.2) is 53.6 Å². The summed E-state index contributed by atoms with van der Waals surface area (Å²) in [6.07, 6.45) is 1.71. The summed E-state index contributed by atoms with van der Waals surface area (Å²) in [5.74, 6) is 1.83. The van der Waals surface area contributed by atoms with E-state index in [9.17, 15) is 4.79 Å². The molecule has 0 aliphatic heterocycles. The highest BCUT2D eigenvalue weighted by atomic mass is 32.2. The average Bonchev–Trinajstić information content (AvgIpc) is 3.04. The molecule has 0 fully saturated rings. The first-order valence-corrected chi connectivity index (χ1v) is 11.3. The predicted molar refractivity (Wildman–Crippen MR) is 130 cm³/mol. The lowest BCUT2D eigenvalue weighted by atomic mass is 10.1. The molecule has 0 atom stereocenters. The van der Waals surface area contributed by atoms with Crippen molar-refractivity contribution < 1.29 is 9.53 Å². The molecule has 0 saturated carbocycles. The van der Waals surface area contributed by atoms with E-state index in [1.807, 2.05) is 24.3 Å².